The number of nitrogens with one attached hydrogen (secondary N) is 1. The van der Waals surface area contributed by atoms with Crippen LogP contribution in [0.25, 0.3) is 0 Å². The van der Waals surface area contributed by atoms with Gasteiger partial charge in [0.25, 0.3) is 0 Å². The highest BCUT2D eigenvalue weighted by Crippen LogP contribution is 2.25. The van der Waals surface area contributed by atoms with Gasteiger partial charge in [0.15, 0.2) is 0 Å². The SMILES string of the molecule is COc1cc(CN2CC(C)CC(C)C2)ccc1C(=N)N. The molecule has 4 heteroatoms. The molecule has 110 valence electrons. The summed E-state index contributed by atoms with van der Waals surface area (Å²) in [7, 11) is 1.62. The van der Waals surface area contributed by atoms with Crippen LogP contribution in [-0.2, 0) is 6.54 Å². The van der Waals surface area contributed by atoms with Gasteiger partial charge in [0.1, 0.15) is 11.6 Å². The molecule has 4 nitrogen and oxygen atoms in total. The molecule has 0 radical (unpaired) electrons. The van der Waals surface area contributed by atoms with E-state index in [0.717, 1.165) is 31.5 Å². The van der Waals surface area contributed by atoms with Crippen LogP contribution in [0.5, 0.6) is 5.75 Å². The highest BCUT2D eigenvalue weighted by molar-refractivity contribution is 5.97. The number of methoxy groups -OCH3 is 1. The van der Waals surface area contributed by atoms with E-state index in [1.807, 2.05) is 18.2 Å². The van der Waals surface area contributed by atoms with E-state index in [9.17, 15) is 0 Å². The molecule has 2 unspecified atom stereocenters. The Morgan fingerprint density at radius 1 is 1.35 bits per heavy atom. The third kappa shape index (κ3) is 3.51. The molecule has 20 heavy (non-hydrogen) atoms. The van der Waals surface area contributed by atoms with Gasteiger partial charge in [-0.05, 0) is 36.0 Å². The highest BCUT2D eigenvalue weighted by Gasteiger charge is 2.22. The summed E-state index contributed by atoms with van der Waals surface area (Å²) in [6, 6.07) is 5.93. The predicted octanol–water partition coefficient (Wildman–Crippen LogP) is 2.46. The Hall–Kier alpha value is -1.55. The Bertz CT molecular complexity index is 477. The van der Waals surface area contributed by atoms with Gasteiger partial charge in [-0.15, -0.1) is 0 Å². The van der Waals surface area contributed by atoms with E-state index in [-0.39, 0.29) is 5.84 Å². The minimum absolute atomic E-state index is 0.0496. The summed E-state index contributed by atoms with van der Waals surface area (Å²) in [5.41, 5.74) is 7.43. The van der Waals surface area contributed by atoms with Crippen LogP contribution in [0.2, 0.25) is 0 Å². The van der Waals surface area contributed by atoms with Crippen LogP contribution >= 0.6 is 0 Å². The molecule has 1 aromatic rings. The van der Waals surface area contributed by atoms with Crippen LogP contribution in [0.1, 0.15) is 31.4 Å². The lowest BCUT2D eigenvalue weighted by molar-refractivity contribution is 0.134. The molecule has 0 aliphatic carbocycles. The normalized spacial score (nSPS) is 23.6. The van der Waals surface area contributed by atoms with Crippen LogP contribution < -0.4 is 10.5 Å². The van der Waals surface area contributed by atoms with Crippen molar-refractivity contribution in [2.75, 3.05) is 20.2 Å². The first kappa shape index (κ1) is 14.9. The van der Waals surface area contributed by atoms with Gasteiger partial charge >= 0.3 is 0 Å². The second kappa shape index (κ2) is 6.27. The Labute approximate surface area is 121 Å². The number of ether oxygens (including phenoxy) is 1. The van der Waals surface area contributed by atoms with Crippen LogP contribution in [0.3, 0.4) is 0 Å². The van der Waals surface area contributed by atoms with E-state index in [1.165, 1.54) is 12.0 Å². The molecule has 2 rings (SSSR count). The number of piperidine rings is 1. The summed E-state index contributed by atoms with van der Waals surface area (Å²) in [5, 5.41) is 7.54. The first-order valence-corrected chi connectivity index (χ1v) is 7.23. The Morgan fingerprint density at radius 2 is 2.00 bits per heavy atom. The molecule has 2 atom stereocenters. The first-order chi connectivity index (χ1) is 9.49. The molecule has 1 aliphatic heterocycles. The summed E-state index contributed by atoms with van der Waals surface area (Å²) >= 11 is 0. The number of rotatable bonds is 4. The van der Waals surface area contributed by atoms with E-state index in [0.29, 0.717) is 11.3 Å². The quantitative estimate of drug-likeness (QED) is 0.655. The lowest BCUT2D eigenvalue weighted by atomic mass is 9.91. The Morgan fingerprint density at radius 3 is 2.55 bits per heavy atom. The lowest BCUT2D eigenvalue weighted by Crippen LogP contribution is -2.38. The molecule has 1 fully saturated rings. The molecule has 0 aromatic heterocycles. The molecule has 0 saturated carbocycles. The van der Waals surface area contributed by atoms with Crippen molar-refractivity contribution in [2.24, 2.45) is 17.6 Å². The van der Waals surface area contributed by atoms with Gasteiger partial charge in [0.05, 0.1) is 12.7 Å². The van der Waals surface area contributed by atoms with Gasteiger partial charge in [-0.2, -0.15) is 0 Å². The molecule has 1 saturated heterocycles. The van der Waals surface area contributed by atoms with Crippen molar-refractivity contribution >= 4 is 5.84 Å². The zero-order valence-corrected chi connectivity index (χ0v) is 12.6. The van der Waals surface area contributed by atoms with Crippen molar-refractivity contribution in [3.63, 3.8) is 0 Å². The average molecular weight is 275 g/mol. The zero-order valence-electron chi connectivity index (χ0n) is 12.6. The van der Waals surface area contributed by atoms with Gasteiger partial charge in [0.2, 0.25) is 0 Å². The van der Waals surface area contributed by atoms with Crippen molar-refractivity contribution in [3.8, 4) is 5.75 Å². The summed E-state index contributed by atoms with van der Waals surface area (Å²) in [6.45, 7) is 7.88. The Balaban J connectivity index is 2.11. The number of hydrogen-bond donors (Lipinski definition) is 2. The topological polar surface area (TPSA) is 62.3 Å². The van der Waals surface area contributed by atoms with Crippen molar-refractivity contribution in [1.82, 2.24) is 4.90 Å². The third-order valence-corrected chi connectivity index (χ3v) is 3.91. The van der Waals surface area contributed by atoms with Crippen LogP contribution in [-0.4, -0.2) is 30.9 Å². The van der Waals surface area contributed by atoms with Gasteiger partial charge in [-0.25, -0.2) is 0 Å². The molecule has 0 bridgehead atoms. The van der Waals surface area contributed by atoms with E-state index < -0.39 is 0 Å². The molecule has 3 N–H and O–H groups in total. The summed E-state index contributed by atoms with van der Waals surface area (Å²) < 4.78 is 5.34. The maximum absolute atomic E-state index is 7.54. The number of likely N-dealkylation sites (tertiary alicyclic amines) is 1. The van der Waals surface area contributed by atoms with E-state index in [4.69, 9.17) is 15.9 Å². The van der Waals surface area contributed by atoms with Crippen molar-refractivity contribution in [2.45, 2.75) is 26.8 Å². The van der Waals surface area contributed by atoms with Crippen LogP contribution in [0.4, 0.5) is 0 Å². The van der Waals surface area contributed by atoms with E-state index in [1.54, 1.807) is 7.11 Å². The smallest absolute Gasteiger partial charge is 0.130 e. The van der Waals surface area contributed by atoms with Gasteiger partial charge in [0, 0.05) is 19.6 Å². The average Bonchev–Trinajstić information content (AvgIpc) is 2.37. The molecule has 0 spiro atoms. The van der Waals surface area contributed by atoms with Gasteiger partial charge in [-0.1, -0.05) is 19.9 Å². The molecule has 1 aliphatic rings. The summed E-state index contributed by atoms with van der Waals surface area (Å²) in [6.07, 6.45) is 1.32. The fourth-order valence-electron chi connectivity index (χ4n) is 3.24. The largest absolute Gasteiger partial charge is 0.496 e. The fraction of sp³-hybridized carbons (Fsp3) is 0.562. The standard InChI is InChI=1S/C16H25N3O/c1-11-6-12(2)9-19(8-11)10-13-4-5-14(16(17)18)15(7-13)20-3/h4-5,7,11-12H,6,8-10H2,1-3H3,(H3,17,18). The number of hydrogen-bond acceptors (Lipinski definition) is 3. The first-order valence-electron chi connectivity index (χ1n) is 7.23. The Kier molecular flexibility index (Phi) is 4.65. The van der Waals surface area contributed by atoms with Crippen molar-refractivity contribution < 1.29 is 4.74 Å². The molecule has 1 heterocycles. The number of nitrogens with zero attached hydrogens (tertiary/aromatic N) is 1. The second-order valence-corrected chi connectivity index (χ2v) is 6.09. The van der Waals surface area contributed by atoms with Gasteiger partial charge in [-0.3, -0.25) is 10.3 Å². The molecular formula is C16H25N3O. The van der Waals surface area contributed by atoms with E-state index >= 15 is 0 Å². The third-order valence-electron chi connectivity index (χ3n) is 3.91. The number of nitrogen functional groups attached to an aromatic ring is 1. The lowest BCUT2D eigenvalue weighted by Gasteiger charge is -2.35. The monoisotopic (exact) mass is 275 g/mol. The predicted molar refractivity (Wildman–Crippen MR) is 82.2 cm³/mol. The van der Waals surface area contributed by atoms with E-state index in [2.05, 4.69) is 18.7 Å². The summed E-state index contributed by atoms with van der Waals surface area (Å²) in [4.78, 5) is 2.50. The highest BCUT2D eigenvalue weighted by atomic mass is 16.5. The van der Waals surface area contributed by atoms with Crippen molar-refractivity contribution in [3.05, 3.63) is 29.3 Å². The number of nitrogens with two attached hydrogens (primary N) is 1. The van der Waals surface area contributed by atoms with Crippen molar-refractivity contribution in [1.29, 1.82) is 5.41 Å². The number of amidine groups is 1. The molecular weight excluding hydrogens is 250 g/mol. The number of benzene rings is 1. The fourth-order valence-corrected chi connectivity index (χ4v) is 3.24. The molecule has 1 aromatic carbocycles. The summed E-state index contributed by atoms with van der Waals surface area (Å²) in [5.74, 6) is 2.26. The minimum Gasteiger partial charge on any atom is -0.496 e. The molecule has 0 amide bonds. The van der Waals surface area contributed by atoms with Crippen LogP contribution in [0.15, 0.2) is 18.2 Å². The second-order valence-electron chi connectivity index (χ2n) is 6.09. The minimum atomic E-state index is 0.0496. The van der Waals surface area contributed by atoms with Gasteiger partial charge < -0.3 is 10.5 Å². The maximum atomic E-state index is 7.54. The maximum Gasteiger partial charge on any atom is 0.130 e. The zero-order chi connectivity index (χ0) is 14.7. The van der Waals surface area contributed by atoms with Crippen LogP contribution in [0, 0.1) is 17.2 Å².